The molecule has 1 rings (SSSR count). The molecule has 3 atom stereocenters. The summed E-state index contributed by atoms with van der Waals surface area (Å²) in [6.07, 6.45) is 0.568. The normalized spacial score (nSPS) is 26.9. The number of rotatable bonds is 3. The second-order valence-electron chi connectivity index (χ2n) is 3.92. The molecule has 1 aliphatic heterocycles. The highest BCUT2D eigenvalue weighted by Gasteiger charge is 2.33. The van der Waals surface area contributed by atoms with E-state index in [1.54, 1.807) is 0 Å². The van der Waals surface area contributed by atoms with Crippen molar-refractivity contribution in [2.75, 3.05) is 13.7 Å². The Hall–Kier alpha value is -1.30. The van der Waals surface area contributed by atoms with Crippen LogP contribution in [0.3, 0.4) is 0 Å². The van der Waals surface area contributed by atoms with Crippen molar-refractivity contribution >= 4 is 12.1 Å². The van der Waals surface area contributed by atoms with Crippen molar-refractivity contribution in [1.29, 1.82) is 0 Å². The van der Waals surface area contributed by atoms with Gasteiger partial charge in [0.2, 0.25) is 0 Å². The molecule has 0 aliphatic carbocycles. The van der Waals surface area contributed by atoms with Crippen LogP contribution in [0.5, 0.6) is 0 Å². The highest BCUT2D eigenvalue weighted by molar-refractivity contribution is 5.80. The number of hydrogen-bond donors (Lipinski definition) is 2. The number of nitrogens with one attached hydrogen (secondary N) is 1. The van der Waals surface area contributed by atoms with Gasteiger partial charge in [0.25, 0.3) is 0 Å². The average molecular weight is 231 g/mol. The maximum Gasteiger partial charge on any atom is 0.407 e. The van der Waals surface area contributed by atoms with E-state index in [1.165, 1.54) is 7.11 Å². The van der Waals surface area contributed by atoms with Gasteiger partial charge in [-0.2, -0.15) is 0 Å². The molecule has 1 saturated heterocycles. The summed E-state index contributed by atoms with van der Waals surface area (Å²) >= 11 is 0. The predicted molar refractivity (Wildman–Crippen MR) is 55.1 cm³/mol. The summed E-state index contributed by atoms with van der Waals surface area (Å²) < 4.78 is 9.74. The van der Waals surface area contributed by atoms with Crippen LogP contribution < -0.4 is 5.32 Å². The lowest BCUT2D eigenvalue weighted by molar-refractivity contribution is -0.142. The van der Waals surface area contributed by atoms with Gasteiger partial charge in [-0.1, -0.05) is 0 Å². The zero-order valence-corrected chi connectivity index (χ0v) is 9.43. The summed E-state index contributed by atoms with van der Waals surface area (Å²) in [5.41, 5.74) is 0. The van der Waals surface area contributed by atoms with Crippen molar-refractivity contribution in [2.24, 2.45) is 5.92 Å². The first kappa shape index (κ1) is 12.8. The zero-order chi connectivity index (χ0) is 12.1. The molecule has 0 aromatic heterocycles. The van der Waals surface area contributed by atoms with Crippen molar-refractivity contribution in [3.8, 4) is 0 Å². The van der Waals surface area contributed by atoms with E-state index in [4.69, 9.17) is 9.84 Å². The largest absolute Gasteiger partial charge is 0.480 e. The van der Waals surface area contributed by atoms with Crippen LogP contribution in [0.1, 0.15) is 19.8 Å². The number of carboxylic acid groups (broad SMARTS) is 1. The van der Waals surface area contributed by atoms with Crippen LogP contribution in [0, 0.1) is 5.92 Å². The fourth-order valence-corrected chi connectivity index (χ4v) is 1.90. The first-order valence-corrected chi connectivity index (χ1v) is 5.23. The van der Waals surface area contributed by atoms with E-state index >= 15 is 0 Å². The fourth-order valence-electron chi connectivity index (χ4n) is 1.90. The standard InChI is InChI=1S/C10H17NO5/c1-6-5-7(3-4-16-6)8(9(12)13)11-10(14)15-2/h6-8H,3-5H2,1-2H3,(H,11,14)(H,12,13)/t6-,7?,8+/m1/s1. The summed E-state index contributed by atoms with van der Waals surface area (Å²) in [5.74, 6) is -1.15. The SMILES string of the molecule is COC(=O)N[C@H](C(=O)O)C1CCO[C@H](C)C1. The Labute approximate surface area is 93.9 Å². The van der Waals surface area contributed by atoms with Gasteiger partial charge >= 0.3 is 12.1 Å². The smallest absolute Gasteiger partial charge is 0.407 e. The third-order valence-electron chi connectivity index (χ3n) is 2.72. The molecule has 6 nitrogen and oxygen atoms in total. The molecule has 0 aromatic carbocycles. The topological polar surface area (TPSA) is 84.9 Å². The average Bonchev–Trinajstić information content (AvgIpc) is 2.25. The molecule has 0 radical (unpaired) electrons. The van der Waals surface area contributed by atoms with Crippen molar-refractivity contribution in [3.63, 3.8) is 0 Å². The van der Waals surface area contributed by atoms with E-state index in [1.807, 2.05) is 6.92 Å². The molecule has 0 bridgehead atoms. The summed E-state index contributed by atoms with van der Waals surface area (Å²) in [6, 6.07) is -0.904. The minimum Gasteiger partial charge on any atom is -0.480 e. The minimum absolute atomic E-state index is 0.0278. The van der Waals surface area contributed by atoms with E-state index < -0.39 is 18.1 Å². The van der Waals surface area contributed by atoms with Crippen LogP contribution >= 0.6 is 0 Å². The first-order valence-electron chi connectivity index (χ1n) is 5.23. The molecule has 1 aliphatic rings. The van der Waals surface area contributed by atoms with Crippen molar-refractivity contribution < 1.29 is 24.2 Å². The number of methoxy groups -OCH3 is 1. The molecule has 1 unspecified atom stereocenters. The molecular formula is C10H17NO5. The van der Waals surface area contributed by atoms with Crippen LogP contribution in [-0.2, 0) is 14.3 Å². The fraction of sp³-hybridized carbons (Fsp3) is 0.800. The molecule has 2 N–H and O–H groups in total. The van der Waals surface area contributed by atoms with Gasteiger partial charge in [-0.25, -0.2) is 9.59 Å². The molecule has 0 saturated carbocycles. The van der Waals surface area contributed by atoms with Gasteiger partial charge < -0.3 is 19.9 Å². The number of carbonyl (C=O) groups is 2. The van der Waals surface area contributed by atoms with Crippen molar-refractivity contribution in [2.45, 2.75) is 31.9 Å². The summed E-state index contributed by atoms with van der Waals surface area (Å²) in [5, 5.41) is 11.4. The summed E-state index contributed by atoms with van der Waals surface area (Å²) in [4.78, 5) is 22.1. The predicted octanol–water partition coefficient (Wildman–Crippen LogP) is 0.611. The highest BCUT2D eigenvalue weighted by Crippen LogP contribution is 2.23. The van der Waals surface area contributed by atoms with E-state index in [0.717, 1.165) is 0 Å². The van der Waals surface area contributed by atoms with E-state index in [0.29, 0.717) is 19.4 Å². The molecule has 1 amide bonds. The Morgan fingerprint density at radius 3 is 2.75 bits per heavy atom. The quantitative estimate of drug-likeness (QED) is 0.743. The number of aliphatic carboxylic acids is 1. The Morgan fingerprint density at radius 1 is 1.56 bits per heavy atom. The van der Waals surface area contributed by atoms with Crippen molar-refractivity contribution in [1.82, 2.24) is 5.32 Å². The first-order chi connectivity index (χ1) is 7.54. The van der Waals surface area contributed by atoms with Crippen LogP contribution in [0.4, 0.5) is 4.79 Å². The zero-order valence-electron chi connectivity index (χ0n) is 9.43. The maximum absolute atomic E-state index is 11.0. The highest BCUT2D eigenvalue weighted by atomic mass is 16.5. The minimum atomic E-state index is -1.04. The Balaban J connectivity index is 2.61. The third-order valence-corrected chi connectivity index (χ3v) is 2.72. The molecule has 0 aromatic rings. The van der Waals surface area contributed by atoms with Gasteiger partial charge in [0.15, 0.2) is 0 Å². The lowest BCUT2D eigenvalue weighted by Gasteiger charge is -2.31. The number of alkyl carbamates (subject to hydrolysis) is 1. The van der Waals surface area contributed by atoms with Crippen LogP contribution in [0.15, 0.2) is 0 Å². The summed E-state index contributed by atoms with van der Waals surface area (Å²) in [6.45, 7) is 2.42. The van der Waals surface area contributed by atoms with E-state index in [-0.39, 0.29) is 12.0 Å². The molecule has 1 heterocycles. The van der Waals surface area contributed by atoms with Crippen LogP contribution in [0.2, 0.25) is 0 Å². The Bertz CT molecular complexity index is 268. The number of hydrogen-bond acceptors (Lipinski definition) is 4. The van der Waals surface area contributed by atoms with Gasteiger partial charge in [0, 0.05) is 6.61 Å². The number of ether oxygens (including phenoxy) is 2. The molecule has 16 heavy (non-hydrogen) atoms. The lowest BCUT2D eigenvalue weighted by Crippen LogP contribution is -2.48. The molecule has 6 heteroatoms. The monoisotopic (exact) mass is 231 g/mol. The van der Waals surface area contributed by atoms with Gasteiger partial charge in [-0.05, 0) is 25.7 Å². The van der Waals surface area contributed by atoms with Crippen LogP contribution in [0.25, 0.3) is 0 Å². The Kier molecular flexibility index (Phi) is 4.54. The maximum atomic E-state index is 11.0. The van der Waals surface area contributed by atoms with E-state index in [9.17, 15) is 9.59 Å². The number of carbonyl (C=O) groups excluding carboxylic acids is 1. The number of carboxylic acids is 1. The van der Waals surface area contributed by atoms with Crippen molar-refractivity contribution in [3.05, 3.63) is 0 Å². The Morgan fingerprint density at radius 2 is 2.25 bits per heavy atom. The lowest BCUT2D eigenvalue weighted by atomic mass is 9.89. The van der Waals surface area contributed by atoms with Gasteiger partial charge in [-0.3, -0.25) is 0 Å². The molecule has 92 valence electrons. The second-order valence-corrected chi connectivity index (χ2v) is 3.92. The van der Waals surface area contributed by atoms with Crippen LogP contribution in [-0.4, -0.2) is 43.0 Å². The molecule has 1 fully saturated rings. The molecule has 0 spiro atoms. The van der Waals surface area contributed by atoms with Gasteiger partial charge in [0.1, 0.15) is 6.04 Å². The van der Waals surface area contributed by atoms with Gasteiger partial charge in [-0.15, -0.1) is 0 Å². The third kappa shape index (κ3) is 3.37. The summed E-state index contributed by atoms with van der Waals surface area (Å²) in [7, 11) is 1.21. The second kappa shape index (κ2) is 5.69. The molecular weight excluding hydrogens is 214 g/mol. The van der Waals surface area contributed by atoms with Gasteiger partial charge in [0.05, 0.1) is 13.2 Å². The van der Waals surface area contributed by atoms with E-state index in [2.05, 4.69) is 10.1 Å². The number of amides is 1.